The van der Waals surface area contributed by atoms with Crippen LogP contribution in [0.4, 0.5) is 0 Å². The van der Waals surface area contributed by atoms with Crippen LogP contribution < -0.4 is 4.74 Å². The SMILES string of the molecule is CCCC(C)C(C)CCC(O)(c1cccc2c1CC(C)C=C2)C(c1ccccc1)c1cc2cc(Br)ccc2nc1OC. The third-order valence-corrected chi connectivity index (χ3v) is 9.88. The Labute approximate surface area is 260 Å². The Morgan fingerprint density at radius 3 is 2.50 bits per heavy atom. The predicted octanol–water partition coefficient (Wildman–Crippen LogP) is 10.1. The molecule has 220 valence electrons. The number of hydrogen-bond acceptors (Lipinski definition) is 3. The highest BCUT2D eigenvalue weighted by Gasteiger charge is 2.44. The fourth-order valence-electron chi connectivity index (χ4n) is 6.83. The normalized spacial score (nSPS) is 18.2. The molecule has 0 radical (unpaired) electrons. The first-order valence-electron chi connectivity index (χ1n) is 15.5. The number of nitrogens with zero attached hydrogens (tertiary/aromatic N) is 1. The molecule has 3 aromatic carbocycles. The molecule has 1 aromatic heterocycles. The minimum Gasteiger partial charge on any atom is -0.481 e. The maximum atomic E-state index is 13.5. The molecule has 3 nitrogen and oxygen atoms in total. The number of benzene rings is 3. The van der Waals surface area contributed by atoms with Crippen molar-refractivity contribution in [2.24, 2.45) is 17.8 Å². The standard InChI is InChI=1S/C38H44BrNO2/c1-6-11-26(3)27(4)20-21-38(41,34-15-10-14-28-17-16-25(2)22-32(28)34)36(29-12-8-7-9-13-29)33-24-30-23-31(39)18-19-35(30)40-37(33)42-5/h7-10,12-19,23-27,36,41H,6,11,20-22H2,1-5H3. The fourth-order valence-corrected chi connectivity index (χ4v) is 7.21. The van der Waals surface area contributed by atoms with E-state index in [1.54, 1.807) is 7.11 Å². The average Bonchev–Trinajstić information content (AvgIpc) is 2.99. The Morgan fingerprint density at radius 1 is 1.00 bits per heavy atom. The molecule has 5 unspecified atom stereocenters. The molecule has 4 aromatic rings. The van der Waals surface area contributed by atoms with Crippen LogP contribution in [0, 0.1) is 17.8 Å². The lowest BCUT2D eigenvalue weighted by molar-refractivity contribution is 0.00117. The molecule has 1 aliphatic carbocycles. The van der Waals surface area contributed by atoms with Gasteiger partial charge in [0.15, 0.2) is 0 Å². The molecule has 0 fully saturated rings. The summed E-state index contributed by atoms with van der Waals surface area (Å²) in [5, 5.41) is 14.5. The van der Waals surface area contributed by atoms with Crippen LogP contribution in [0.25, 0.3) is 17.0 Å². The van der Waals surface area contributed by atoms with Gasteiger partial charge in [0.1, 0.15) is 5.60 Å². The maximum Gasteiger partial charge on any atom is 0.217 e. The number of halogens is 1. The van der Waals surface area contributed by atoms with Gasteiger partial charge in [-0.25, -0.2) is 4.98 Å². The van der Waals surface area contributed by atoms with Crippen molar-refractivity contribution in [3.05, 3.63) is 111 Å². The van der Waals surface area contributed by atoms with Gasteiger partial charge in [0.25, 0.3) is 0 Å². The molecule has 42 heavy (non-hydrogen) atoms. The first kappa shape index (κ1) is 30.5. The second-order valence-electron chi connectivity index (χ2n) is 12.4. The summed E-state index contributed by atoms with van der Waals surface area (Å²) in [7, 11) is 1.68. The Balaban J connectivity index is 1.76. The molecule has 0 saturated carbocycles. The molecule has 4 heteroatoms. The van der Waals surface area contributed by atoms with Crippen molar-refractivity contribution in [1.82, 2.24) is 4.98 Å². The molecule has 1 aliphatic rings. The van der Waals surface area contributed by atoms with Gasteiger partial charge in [-0.1, -0.05) is 117 Å². The van der Waals surface area contributed by atoms with E-state index in [2.05, 4.69) is 110 Å². The number of ether oxygens (including phenoxy) is 1. The molecule has 5 rings (SSSR count). The van der Waals surface area contributed by atoms with E-state index in [0.717, 1.165) is 44.9 Å². The monoisotopic (exact) mass is 625 g/mol. The minimum atomic E-state index is -1.19. The van der Waals surface area contributed by atoms with Crippen molar-refractivity contribution in [2.45, 2.75) is 71.3 Å². The summed E-state index contributed by atoms with van der Waals surface area (Å²) in [6.45, 7) is 9.21. The molecule has 1 heterocycles. The first-order chi connectivity index (χ1) is 20.2. The Morgan fingerprint density at radius 2 is 1.76 bits per heavy atom. The van der Waals surface area contributed by atoms with Crippen molar-refractivity contribution in [3.8, 4) is 5.88 Å². The summed E-state index contributed by atoms with van der Waals surface area (Å²) in [6, 6.07) is 25.2. The third-order valence-electron chi connectivity index (χ3n) is 9.39. The highest BCUT2D eigenvalue weighted by Crippen LogP contribution is 2.50. The molecule has 0 amide bonds. The van der Waals surface area contributed by atoms with Crippen molar-refractivity contribution in [1.29, 1.82) is 0 Å². The van der Waals surface area contributed by atoms with E-state index >= 15 is 0 Å². The van der Waals surface area contributed by atoms with Crippen LogP contribution in [0.2, 0.25) is 0 Å². The molecule has 0 spiro atoms. The summed E-state index contributed by atoms with van der Waals surface area (Å²) in [4.78, 5) is 4.97. The highest BCUT2D eigenvalue weighted by molar-refractivity contribution is 9.10. The molecule has 5 atom stereocenters. The van der Waals surface area contributed by atoms with E-state index in [1.165, 1.54) is 24.0 Å². The summed E-state index contributed by atoms with van der Waals surface area (Å²) >= 11 is 3.65. The number of aliphatic hydroxyl groups is 1. The average molecular weight is 627 g/mol. The third kappa shape index (κ3) is 6.21. The minimum absolute atomic E-state index is 0.383. The van der Waals surface area contributed by atoms with Gasteiger partial charge in [-0.2, -0.15) is 0 Å². The van der Waals surface area contributed by atoms with Crippen LogP contribution in [0.5, 0.6) is 5.88 Å². The van der Waals surface area contributed by atoms with Gasteiger partial charge in [-0.15, -0.1) is 0 Å². The zero-order valence-corrected chi connectivity index (χ0v) is 27.2. The van der Waals surface area contributed by atoms with Crippen LogP contribution in [-0.4, -0.2) is 17.2 Å². The van der Waals surface area contributed by atoms with Crippen molar-refractivity contribution in [2.75, 3.05) is 7.11 Å². The van der Waals surface area contributed by atoms with Crippen LogP contribution >= 0.6 is 15.9 Å². The number of aromatic nitrogens is 1. The number of allylic oxidation sites excluding steroid dienone is 1. The van der Waals surface area contributed by atoms with Crippen LogP contribution in [0.1, 0.15) is 87.1 Å². The zero-order valence-electron chi connectivity index (χ0n) is 25.6. The second-order valence-corrected chi connectivity index (χ2v) is 13.3. The summed E-state index contributed by atoms with van der Waals surface area (Å²) < 4.78 is 6.99. The van der Waals surface area contributed by atoms with Crippen molar-refractivity contribution >= 4 is 32.9 Å². The highest BCUT2D eigenvalue weighted by atomic mass is 79.9. The number of pyridine rings is 1. The van der Waals surface area contributed by atoms with E-state index < -0.39 is 5.60 Å². The zero-order chi connectivity index (χ0) is 29.9. The van der Waals surface area contributed by atoms with E-state index in [4.69, 9.17) is 9.72 Å². The lowest BCUT2D eigenvalue weighted by atomic mass is 9.67. The van der Waals surface area contributed by atoms with Crippen LogP contribution in [0.3, 0.4) is 0 Å². The Bertz CT molecular complexity index is 1550. The molecule has 1 N–H and O–H groups in total. The molecule has 0 aliphatic heterocycles. The first-order valence-corrected chi connectivity index (χ1v) is 16.3. The van der Waals surface area contributed by atoms with Crippen molar-refractivity contribution in [3.63, 3.8) is 0 Å². The number of methoxy groups -OCH3 is 1. The van der Waals surface area contributed by atoms with Gasteiger partial charge >= 0.3 is 0 Å². The lowest BCUT2D eigenvalue weighted by Gasteiger charge is -2.41. The number of fused-ring (bicyclic) bond motifs is 2. The van der Waals surface area contributed by atoms with Gasteiger partial charge in [0.05, 0.1) is 12.6 Å². The maximum absolute atomic E-state index is 13.5. The lowest BCUT2D eigenvalue weighted by Crippen LogP contribution is -2.37. The van der Waals surface area contributed by atoms with E-state index in [0.29, 0.717) is 30.1 Å². The quantitative estimate of drug-likeness (QED) is 0.180. The van der Waals surface area contributed by atoms with E-state index in [-0.39, 0.29) is 5.92 Å². The molecule has 0 bridgehead atoms. The van der Waals surface area contributed by atoms with Crippen LogP contribution in [0.15, 0.2) is 83.3 Å². The van der Waals surface area contributed by atoms with E-state index in [1.807, 2.05) is 18.2 Å². The van der Waals surface area contributed by atoms with Gasteiger partial charge in [0, 0.05) is 21.3 Å². The Hall–Kier alpha value is -2.95. The second kappa shape index (κ2) is 13.1. The van der Waals surface area contributed by atoms with Gasteiger partial charge in [0.2, 0.25) is 5.88 Å². The number of rotatable bonds is 11. The number of hydrogen-bond donors (Lipinski definition) is 1. The van der Waals surface area contributed by atoms with Crippen molar-refractivity contribution < 1.29 is 9.84 Å². The fraction of sp³-hybridized carbons (Fsp3) is 0.395. The van der Waals surface area contributed by atoms with Gasteiger partial charge in [-0.3, -0.25) is 0 Å². The predicted molar refractivity (Wildman–Crippen MR) is 179 cm³/mol. The van der Waals surface area contributed by atoms with Gasteiger partial charge in [-0.05, 0) is 83.5 Å². The Kier molecular flexibility index (Phi) is 9.54. The van der Waals surface area contributed by atoms with Gasteiger partial charge < -0.3 is 9.84 Å². The molecular formula is C38H44BrNO2. The van der Waals surface area contributed by atoms with Crippen LogP contribution in [-0.2, 0) is 12.0 Å². The molecule has 0 saturated heterocycles. The topological polar surface area (TPSA) is 42.4 Å². The largest absolute Gasteiger partial charge is 0.481 e. The summed E-state index contributed by atoms with van der Waals surface area (Å²) in [5.74, 6) is 1.67. The smallest absolute Gasteiger partial charge is 0.217 e. The van der Waals surface area contributed by atoms with E-state index in [9.17, 15) is 5.11 Å². The summed E-state index contributed by atoms with van der Waals surface area (Å²) in [5.41, 5.74) is 5.12. The summed E-state index contributed by atoms with van der Waals surface area (Å²) in [6.07, 6.45) is 9.35. The molecular weight excluding hydrogens is 582 g/mol.